The molecule has 8 nitrogen and oxygen atoms in total. The number of carbonyl (C=O) groups is 1. The molecule has 1 heterocycles. The van der Waals surface area contributed by atoms with Crippen LogP contribution in [0, 0.1) is 0 Å². The topological polar surface area (TPSA) is 129 Å². The monoisotopic (exact) mass is 309 g/mol. The van der Waals surface area contributed by atoms with Crippen LogP contribution in [0.5, 0.6) is 5.75 Å². The van der Waals surface area contributed by atoms with E-state index in [9.17, 15) is 18.3 Å². The lowest BCUT2D eigenvalue weighted by Gasteiger charge is -2.08. The van der Waals surface area contributed by atoms with Crippen molar-refractivity contribution in [3.05, 3.63) is 48.0 Å². The maximum absolute atomic E-state index is 12.1. The smallest absolute Gasteiger partial charge is 0.339 e. The van der Waals surface area contributed by atoms with Crippen molar-refractivity contribution in [3.8, 4) is 5.75 Å². The SMILES string of the molecule is O=C(O)c1cc(S(=O)(=O)NCc2ccncn2)ccc1O. The molecule has 110 valence electrons. The lowest BCUT2D eigenvalue weighted by Crippen LogP contribution is -2.24. The zero-order valence-electron chi connectivity index (χ0n) is 10.6. The molecule has 0 fully saturated rings. The van der Waals surface area contributed by atoms with E-state index < -0.39 is 27.3 Å². The fourth-order valence-electron chi connectivity index (χ4n) is 1.53. The Kier molecular flexibility index (Phi) is 4.15. The molecule has 0 aliphatic heterocycles. The summed E-state index contributed by atoms with van der Waals surface area (Å²) in [5.74, 6) is -1.92. The summed E-state index contributed by atoms with van der Waals surface area (Å²) in [6.45, 7) is -0.0614. The van der Waals surface area contributed by atoms with Gasteiger partial charge in [0.15, 0.2) is 0 Å². The quantitative estimate of drug-likeness (QED) is 0.727. The van der Waals surface area contributed by atoms with Crippen molar-refractivity contribution in [1.29, 1.82) is 0 Å². The minimum Gasteiger partial charge on any atom is -0.507 e. The molecule has 0 spiro atoms. The number of carboxylic acids is 1. The van der Waals surface area contributed by atoms with Crippen LogP contribution in [-0.4, -0.2) is 34.6 Å². The van der Waals surface area contributed by atoms with Crippen LogP contribution >= 0.6 is 0 Å². The van der Waals surface area contributed by atoms with Gasteiger partial charge in [-0.1, -0.05) is 0 Å². The number of aromatic nitrogens is 2. The molecular formula is C12H11N3O5S. The highest BCUT2D eigenvalue weighted by Crippen LogP contribution is 2.21. The van der Waals surface area contributed by atoms with E-state index in [-0.39, 0.29) is 11.4 Å². The van der Waals surface area contributed by atoms with E-state index >= 15 is 0 Å². The van der Waals surface area contributed by atoms with E-state index in [0.29, 0.717) is 5.69 Å². The van der Waals surface area contributed by atoms with Gasteiger partial charge in [-0.25, -0.2) is 27.9 Å². The average molecular weight is 309 g/mol. The molecule has 0 saturated carbocycles. The normalized spacial score (nSPS) is 11.2. The standard InChI is InChI=1S/C12H11N3O5S/c16-11-2-1-9(5-10(11)12(17)18)21(19,20)15-6-8-3-4-13-7-14-8/h1-5,7,15-16H,6H2,(H,17,18). The highest BCUT2D eigenvalue weighted by atomic mass is 32.2. The first kappa shape index (κ1) is 14.9. The highest BCUT2D eigenvalue weighted by molar-refractivity contribution is 7.89. The Bertz CT molecular complexity index is 762. The van der Waals surface area contributed by atoms with Crippen molar-refractivity contribution in [2.75, 3.05) is 0 Å². The summed E-state index contributed by atoms with van der Waals surface area (Å²) in [5, 5.41) is 18.2. The third-order valence-electron chi connectivity index (χ3n) is 2.60. The molecule has 0 aliphatic carbocycles. The number of sulfonamides is 1. The summed E-state index contributed by atoms with van der Waals surface area (Å²) in [4.78, 5) is 18.2. The summed E-state index contributed by atoms with van der Waals surface area (Å²) in [6, 6.07) is 4.56. The van der Waals surface area contributed by atoms with Crippen LogP contribution in [0.2, 0.25) is 0 Å². The summed E-state index contributed by atoms with van der Waals surface area (Å²) in [5.41, 5.74) is -0.0225. The Morgan fingerprint density at radius 3 is 2.67 bits per heavy atom. The van der Waals surface area contributed by atoms with Gasteiger partial charge >= 0.3 is 5.97 Å². The minimum absolute atomic E-state index is 0.0614. The van der Waals surface area contributed by atoms with Crippen molar-refractivity contribution >= 4 is 16.0 Å². The number of nitrogens with one attached hydrogen (secondary N) is 1. The molecule has 3 N–H and O–H groups in total. The summed E-state index contributed by atoms with van der Waals surface area (Å²) < 4.78 is 26.4. The Hall–Kier alpha value is -2.52. The first-order valence-electron chi connectivity index (χ1n) is 5.71. The number of nitrogens with zero attached hydrogens (tertiary/aromatic N) is 2. The van der Waals surface area contributed by atoms with Crippen molar-refractivity contribution in [3.63, 3.8) is 0 Å². The third-order valence-corrected chi connectivity index (χ3v) is 3.99. The van der Waals surface area contributed by atoms with Crippen LogP contribution in [0.4, 0.5) is 0 Å². The Balaban J connectivity index is 2.24. The molecule has 1 aromatic carbocycles. The molecule has 0 aliphatic rings. The zero-order chi connectivity index (χ0) is 15.5. The van der Waals surface area contributed by atoms with Crippen molar-refractivity contribution in [2.45, 2.75) is 11.4 Å². The minimum atomic E-state index is -3.92. The number of aromatic hydroxyl groups is 1. The zero-order valence-corrected chi connectivity index (χ0v) is 11.4. The molecule has 9 heteroatoms. The van der Waals surface area contributed by atoms with E-state index in [2.05, 4.69) is 14.7 Å². The predicted octanol–water partition coefficient (Wildman–Crippen LogP) is 0.359. The first-order valence-corrected chi connectivity index (χ1v) is 7.19. The molecule has 2 rings (SSSR count). The fourth-order valence-corrected chi connectivity index (χ4v) is 2.55. The summed E-state index contributed by atoms with van der Waals surface area (Å²) in [7, 11) is -3.92. The number of hydrogen-bond donors (Lipinski definition) is 3. The van der Waals surface area contributed by atoms with Gasteiger partial charge in [-0.3, -0.25) is 0 Å². The number of benzene rings is 1. The van der Waals surface area contributed by atoms with Crippen LogP contribution in [0.1, 0.15) is 16.1 Å². The second-order valence-corrected chi connectivity index (χ2v) is 5.78. The van der Waals surface area contributed by atoms with E-state index in [4.69, 9.17) is 5.11 Å². The van der Waals surface area contributed by atoms with E-state index in [1.807, 2.05) is 0 Å². The lowest BCUT2D eigenvalue weighted by molar-refractivity contribution is 0.0693. The maximum Gasteiger partial charge on any atom is 0.339 e. The Labute approximate surface area is 120 Å². The summed E-state index contributed by atoms with van der Waals surface area (Å²) in [6.07, 6.45) is 2.76. The van der Waals surface area contributed by atoms with Gasteiger partial charge < -0.3 is 10.2 Å². The van der Waals surface area contributed by atoms with E-state index in [1.54, 1.807) is 6.07 Å². The van der Waals surface area contributed by atoms with Crippen LogP contribution < -0.4 is 4.72 Å². The van der Waals surface area contributed by atoms with Crippen LogP contribution in [-0.2, 0) is 16.6 Å². The van der Waals surface area contributed by atoms with Gasteiger partial charge in [-0.05, 0) is 24.3 Å². The van der Waals surface area contributed by atoms with Crippen molar-refractivity contribution in [1.82, 2.24) is 14.7 Å². The van der Waals surface area contributed by atoms with Crippen molar-refractivity contribution in [2.24, 2.45) is 0 Å². The molecule has 0 unspecified atom stereocenters. The van der Waals surface area contributed by atoms with Crippen molar-refractivity contribution < 1.29 is 23.4 Å². The fraction of sp³-hybridized carbons (Fsp3) is 0.0833. The van der Waals surface area contributed by atoms with Gasteiger partial charge in [0.05, 0.1) is 17.1 Å². The number of hydrogen-bond acceptors (Lipinski definition) is 6. The lowest BCUT2D eigenvalue weighted by atomic mass is 10.2. The molecular weight excluding hydrogens is 298 g/mol. The molecule has 1 aromatic heterocycles. The first-order chi connectivity index (χ1) is 9.90. The van der Waals surface area contributed by atoms with Crippen LogP contribution in [0.3, 0.4) is 0 Å². The second kappa shape index (κ2) is 5.85. The second-order valence-electron chi connectivity index (χ2n) is 4.01. The average Bonchev–Trinajstić information content (AvgIpc) is 2.46. The molecule has 0 saturated heterocycles. The van der Waals surface area contributed by atoms with Crippen LogP contribution in [0.15, 0.2) is 41.7 Å². The number of rotatable bonds is 5. The number of carboxylic acid groups (broad SMARTS) is 1. The Morgan fingerprint density at radius 2 is 2.05 bits per heavy atom. The van der Waals surface area contributed by atoms with Gasteiger partial charge in [0.1, 0.15) is 17.6 Å². The number of phenols is 1. The number of aromatic carboxylic acids is 1. The highest BCUT2D eigenvalue weighted by Gasteiger charge is 2.18. The third kappa shape index (κ3) is 3.52. The molecule has 0 atom stereocenters. The predicted molar refractivity (Wildman–Crippen MR) is 71.1 cm³/mol. The molecule has 0 bridgehead atoms. The van der Waals surface area contributed by atoms with E-state index in [0.717, 1.165) is 18.2 Å². The van der Waals surface area contributed by atoms with Gasteiger partial charge in [-0.2, -0.15) is 0 Å². The van der Waals surface area contributed by atoms with Gasteiger partial charge in [0.25, 0.3) is 0 Å². The maximum atomic E-state index is 12.1. The molecule has 2 aromatic rings. The molecule has 21 heavy (non-hydrogen) atoms. The molecule has 0 amide bonds. The summed E-state index contributed by atoms with van der Waals surface area (Å²) >= 11 is 0. The van der Waals surface area contributed by atoms with Gasteiger partial charge in [0, 0.05) is 6.20 Å². The van der Waals surface area contributed by atoms with Gasteiger partial charge in [0.2, 0.25) is 10.0 Å². The van der Waals surface area contributed by atoms with Crippen LogP contribution in [0.25, 0.3) is 0 Å². The molecule has 0 radical (unpaired) electrons. The van der Waals surface area contributed by atoms with E-state index in [1.165, 1.54) is 12.5 Å². The Morgan fingerprint density at radius 1 is 1.29 bits per heavy atom. The largest absolute Gasteiger partial charge is 0.507 e. The van der Waals surface area contributed by atoms with Gasteiger partial charge in [-0.15, -0.1) is 0 Å².